The molecule has 2 rings (SSSR count). The third kappa shape index (κ3) is 2.77. The summed E-state index contributed by atoms with van der Waals surface area (Å²) in [6.45, 7) is 0.560. The molecular weight excluding hydrogens is 220 g/mol. The minimum Gasteiger partial charge on any atom is -0.493 e. The standard InChI is InChI=1S/C13H16O4/c1-16-12(13(14)15)7-9-6-10-4-2-3-5-11(10)17-8-9/h2-5,9,12H,6-8H2,1H3,(H,14,15). The lowest BCUT2D eigenvalue weighted by molar-refractivity contribution is -0.149. The minimum absolute atomic E-state index is 0.200. The zero-order chi connectivity index (χ0) is 12.3. The van der Waals surface area contributed by atoms with Crippen LogP contribution in [-0.2, 0) is 16.0 Å². The van der Waals surface area contributed by atoms with Crippen molar-refractivity contribution in [1.29, 1.82) is 0 Å². The topological polar surface area (TPSA) is 55.8 Å². The predicted octanol–water partition coefficient (Wildman–Crippen LogP) is 1.73. The first-order valence-electron chi connectivity index (χ1n) is 5.67. The molecule has 1 aromatic carbocycles. The van der Waals surface area contributed by atoms with E-state index in [9.17, 15) is 4.79 Å². The van der Waals surface area contributed by atoms with Crippen molar-refractivity contribution in [3.63, 3.8) is 0 Å². The molecule has 1 aliphatic rings. The van der Waals surface area contributed by atoms with Crippen LogP contribution in [0.15, 0.2) is 24.3 Å². The summed E-state index contributed by atoms with van der Waals surface area (Å²) in [4.78, 5) is 10.9. The number of ether oxygens (including phenoxy) is 2. The van der Waals surface area contributed by atoms with Gasteiger partial charge in [0.25, 0.3) is 0 Å². The van der Waals surface area contributed by atoms with E-state index in [0.29, 0.717) is 13.0 Å². The van der Waals surface area contributed by atoms with E-state index in [1.165, 1.54) is 7.11 Å². The van der Waals surface area contributed by atoms with Crippen molar-refractivity contribution in [3.05, 3.63) is 29.8 Å². The highest BCUT2D eigenvalue weighted by atomic mass is 16.5. The zero-order valence-corrected chi connectivity index (χ0v) is 9.76. The molecule has 1 N–H and O–H groups in total. The maximum atomic E-state index is 10.9. The van der Waals surface area contributed by atoms with Crippen LogP contribution < -0.4 is 4.74 Å². The third-order valence-corrected chi connectivity index (χ3v) is 3.06. The van der Waals surface area contributed by atoms with E-state index in [2.05, 4.69) is 0 Å². The van der Waals surface area contributed by atoms with Gasteiger partial charge in [-0.15, -0.1) is 0 Å². The maximum Gasteiger partial charge on any atom is 0.332 e. The first-order chi connectivity index (χ1) is 8.20. The van der Waals surface area contributed by atoms with Crippen LogP contribution in [0, 0.1) is 5.92 Å². The van der Waals surface area contributed by atoms with Crippen molar-refractivity contribution in [1.82, 2.24) is 0 Å². The molecule has 4 nitrogen and oxygen atoms in total. The number of methoxy groups -OCH3 is 1. The fraction of sp³-hybridized carbons (Fsp3) is 0.462. The second kappa shape index (κ2) is 5.19. The SMILES string of the molecule is COC(CC1COc2ccccc2C1)C(=O)O. The summed E-state index contributed by atoms with van der Waals surface area (Å²) in [5, 5.41) is 8.93. The van der Waals surface area contributed by atoms with E-state index in [1.54, 1.807) is 0 Å². The number of aliphatic carboxylic acids is 1. The van der Waals surface area contributed by atoms with Gasteiger partial charge in [-0.25, -0.2) is 4.79 Å². The Labute approximate surface area is 100 Å². The second-order valence-electron chi connectivity index (χ2n) is 4.29. The van der Waals surface area contributed by atoms with Crippen molar-refractivity contribution in [2.24, 2.45) is 5.92 Å². The Kier molecular flexibility index (Phi) is 3.64. The zero-order valence-electron chi connectivity index (χ0n) is 9.76. The van der Waals surface area contributed by atoms with E-state index in [0.717, 1.165) is 17.7 Å². The van der Waals surface area contributed by atoms with Gasteiger partial charge in [0.05, 0.1) is 6.61 Å². The molecule has 2 atom stereocenters. The smallest absolute Gasteiger partial charge is 0.332 e. The van der Waals surface area contributed by atoms with Gasteiger partial charge in [-0.05, 0) is 24.5 Å². The Morgan fingerprint density at radius 2 is 2.35 bits per heavy atom. The average Bonchev–Trinajstić information content (AvgIpc) is 2.35. The quantitative estimate of drug-likeness (QED) is 0.865. The van der Waals surface area contributed by atoms with E-state index in [-0.39, 0.29) is 5.92 Å². The Morgan fingerprint density at radius 3 is 3.06 bits per heavy atom. The monoisotopic (exact) mass is 236 g/mol. The molecule has 1 aromatic rings. The van der Waals surface area contributed by atoms with E-state index >= 15 is 0 Å². The van der Waals surface area contributed by atoms with Gasteiger partial charge in [0.1, 0.15) is 5.75 Å². The number of carbonyl (C=O) groups is 1. The lowest BCUT2D eigenvalue weighted by Crippen LogP contribution is -2.30. The molecule has 0 radical (unpaired) electrons. The van der Waals surface area contributed by atoms with Crippen LogP contribution in [0.4, 0.5) is 0 Å². The van der Waals surface area contributed by atoms with Crippen molar-refractivity contribution < 1.29 is 19.4 Å². The van der Waals surface area contributed by atoms with Crippen molar-refractivity contribution >= 4 is 5.97 Å². The van der Waals surface area contributed by atoms with Crippen LogP contribution in [0.3, 0.4) is 0 Å². The number of carboxylic acids is 1. The van der Waals surface area contributed by atoms with Crippen LogP contribution >= 0.6 is 0 Å². The number of hydrogen-bond donors (Lipinski definition) is 1. The third-order valence-electron chi connectivity index (χ3n) is 3.06. The van der Waals surface area contributed by atoms with Gasteiger partial charge < -0.3 is 14.6 Å². The highest BCUT2D eigenvalue weighted by molar-refractivity contribution is 5.72. The molecule has 0 bridgehead atoms. The molecule has 4 heteroatoms. The summed E-state index contributed by atoms with van der Waals surface area (Å²) in [7, 11) is 1.43. The molecule has 0 saturated carbocycles. The molecule has 1 aliphatic heterocycles. The molecule has 1 heterocycles. The number of benzene rings is 1. The summed E-state index contributed by atoms with van der Waals surface area (Å²) in [5.41, 5.74) is 1.14. The van der Waals surface area contributed by atoms with Crippen LogP contribution in [0.5, 0.6) is 5.75 Å². The molecule has 0 spiro atoms. The molecule has 0 saturated heterocycles. The number of carboxylic acid groups (broad SMARTS) is 1. The summed E-state index contributed by atoms with van der Waals surface area (Å²) in [5.74, 6) is 0.199. The minimum atomic E-state index is -0.911. The molecule has 2 unspecified atom stereocenters. The Bertz CT molecular complexity index is 402. The molecule has 92 valence electrons. The van der Waals surface area contributed by atoms with Crippen LogP contribution in [0.1, 0.15) is 12.0 Å². The lowest BCUT2D eigenvalue weighted by atomic mass is 9.92. The summed E-state index contributed by atoms with van der Waals surface area (Å²) < 4.78 is 10.6. The maximum absolute atomic E-state index is 10.9. The largest absolute Gasteiger partial charge is 0.493 e. The van der Waals surface area contributed by atoms with Gasteiger partial charge in [0.15, 0.2) is 6.10 Å². The molecule has 0 aromatic heterocycles. The number of hydrogen-bond acceptors (Lipinski definition) is 3. The predicted molar refractivity (Wildman–Crippen MR) is 62.2 cm³/mol. The first kappa shape index (κ1) is 11.9. The van der Waals surface area contributed by atoms with Gasteiger partial charge in [0.2, 0.25) is 0 Å². The van der Waals surface area contributed by atoms with E-state index in [1.807, 2.05) is 24.3 Å². The van der Waals surface area contributed by atoms with Gasteiger partial charge in [-0.3, -0.25) is 0 Å². The number of rotatable bonds is 4. The molecule has 0 amide bonds. The number of fused-ring (bicyclic) bond motifs is 1. The van der Waals surface area contributed by atoms with Gasteiger partial charge in [-0.1, -0.05) is 18.2 Å². The average molecular weight is 236 g/mol. The Balaban J connectivity index is 2.00. The Morgan fingerprint density at radius 1 is 1.59 bits per heavy atom. The van der Waals surface area contributed by atoms with Crippen LogP contribution in [-0.4, -0.2) is 30.9 Å². The highest BCUT2D eigenvalue weighted by Crippen LogP contribution is 2.29. The summed E-state index contributed by atoms with van der Waals surface area (Å²) in [6.07, 6.45) is 0.595. The summed E-state index contributed by atoms with van der Waals surface area (Å²) >= 11 is 0. The van der Waals surface area contributed by atoms with Crippen molar-refractivity contribution in [3.8, 4) is 5.75 Å². The van der Waals surface area contributed by atoms with E-state index < -0.39 is 12.1 Å². The van der Waals surface area contributed by atoms with Crippen molar-refractivity contribution in [2.45, 2.75) is 18.9 Å². The number of para-hydroxylation sites is 1. The Hall–Kier alpha value is -1.55. The second-order valence-corrected chi connectivity index (χ2v) is 4.29. The molecule has 0 fully saturated rings. The van der Waals surface area contributed by atoms with E-state index in [4.69, 9.17) is 14.6 Å². The van der Waals surface area contributed by atoms with Crippen LogP contribution in [0.2, 0.25) is 0 Å². The molecule has 17 heavy (non-hydrogen) atoms. The first-order valence-corrected chi connectivity index (χ1v) is 5.67. The van der Waals surface area contributed by atoms with Crippen LogP contribution in [0.25, 0.3) is 0 Å². The summed E-state index contributed by atoms with van der Waals surface area (Å²) in [6, 6.07) is 7.87. The van der Waals surface area contributed by atoms with Gasteiger partial charge in [0, 0.05) is 13.0 Å². The lowest BCUT2D eigenvalue weighted by Gasteiger charge is -2.26. The molecular formula is C13H16O4. The van der Waals surface area contributed by atoms with Gasteiger partial charge in [-0.2, -0.15) is 0 Å². The van der Waals surface area contributed by atoms with Crippen molar-refractivity contribution in [2.75, 3.05) is 13.7 Å². The fourth-order valence-corrected chi connectivity index (χ4v) is 2.14. The normalized spacial score (nSPS) is 20.2. The molecule has 0 aliphatic carbocycles. The highest BCUT2D eigenvalue weighted by Gasteiger charge is 2.26. The van der Waals surface area contributed by atoms with Gasteiger partial charge >= 0.3 is 5.97 Å². The fourth-order valence-electron chi connectivity index (χ4n) is 2.14.